The maximum atomic E-state index is 14.2. The Hall–Kier alpha value is -3.74. The van der Waals surface area contributed by atoms with Crippen LogP contribution in [-0.4, -0.2) is 76.7 Å². The number of rotatable bonds is 6. The van der Waals surface area contributed by atoms with Crippen molar-refractivity contribution in [2.75, 3.05) is 39.9 Å². The molecular weight excluding hydrogens is 485 g/mol. The summed E-state index contributed by atoms with van der Waals surface area (Å²) in [7, 11) is 1.53. The minimum atomic E-state index is -0.406. The number of likely N-dealkylation sites (tertiary alicyclic amines) is 2. The van der Waals surface area contributed by atoms with Gasteiger partial charge in [-0.1, -0.05) is 6.08 Å². The molecule has 1 aliphatic carbocycles. The summed E-state index contributed by atoms with van der Waals surface area (Å²) >= 11 is 0. The maximum absolute atomic E-state index is 14.2. The number of pyridine rings is 1. The van der Waals surface area contributed by atoms with Gasteiger partial charge in [-0.2, -0.15) is 5.26 Å². The molecule has 2 N–H and O–H groups in total. The third-order valence-corrected chi connectivity index (χ3v) is 8.29. The van der Waals surface area contributed by atoms with Gasteiger partial charge in [-0.25, -0.2) is 9.37 Å². The number of H-pyrrole nitrogens is 1. The van der Waals surface area contributed by atoms with Crippen LogP contribution in [0.15, 0.2) is 36.5 Å². The molecule has 2 aromatic heterocycles. The largest absolute Gasteiger partial charge is 0.496 e. The highest BCUT2D eigenvalue weighted by Gasteiger charge is 2.38. The van der Waals surface area contributed by atoms with E-state index in [9.17, 15) is 19.6 Å². The summed E-state index contributed by atoms with van der Waals surface area (Å²) < 4.78 is 19.7. The number of aromatic amines is 1. The van der Waals surface area contributed by atoms with Crippen LogP contribution in [0.2, 0.25) is 0 Å². The van der Waals surface area contributed by atoms with Crippen molar-refractivity contribution in [3.05, 3.63) is 53.6 Å². The summed E-state index contributed by atoms with van der Waals surface area (Å²) in [5.41, 5.74) is 4.24. The lowest BCUT2D eigenvalue weighted by molar-refractivity contribution is -0.133. The number of aliphatic hydroxyl groups excluding tert-OH is 1. The lowest BCUT2D eigenvalue weighted by atomic mass is 9.97. The van der Waals surface area contributed by atoms with Crippen LogP contribution < -0.4 is 4.74 Å². The van der Waals surface area contributed by atoms with Gasteiger partial charge < -0.3 is 19.7 Å². The molecule has 1 aromatic carbocycles. The maximum Gasteiger partial charge on any atom is 0.237 e. The minimum absolute atomic E-state index is 0.0337. The molecule has 0 saturated carbocycles. The van der Waals surface area contributed by atoms with Gasteiger partial charge in [0.15, 0.2) is 0 Å². The first-order chi connectivity index (χ1) is 18.5. The Balaban J connectivity index is 1.25. The Morgan fingerprint density at radius 2 is 2.21 bits per heavy atom. The first-order valence-corrected chi connectivity index (χ1v) is 13.1. The highest BCUT2D eigenvalue weighted by Crippen LogP contribution is 2.43. The summed E-state index contributed by atoms with van der Waals surface area (Å²) in [5.74, 6) is 0.989. The van der Waals surface area contributed by atoms with Crippen molar-refractivity contribution in [1.29, 1.82) is 5.26 Å². The van der Waals surface area contributed by atoms with E-state index in [-0.39, 0.29) is 18.6 Å². The number of fused-ring (bicyclic) bond motifs is 2. The number of amides is 1. The average Bonchev–Trinajstić information content (AvgIpc) is 3.70. The number of ether oxygens (including phenoxy) is 1. The van der Waals surface area contributed by atoms with E-state index >= 15 is 0 Å². The van der Waals surface area contributed by atoms with Gasteiger partial charge >= 0.3 is 0 Å². The molecule has 0 radical (unpaired) electrons. The van der Waals surface area contributed by atoms with Crippen molar-refractivity contribution >= 4 is 22.5 Å². The number of halogens is 1. The van der Waals surface area contributed by atoms with Gasteiger partial charge in [0.2, 0.25) is 5.91 Å². The molecule has 196 valence electrons. The fourth-order valence-electron chi connectivity index (χ4n) is 6.47. The number of nitrogens with one attached hydrogen (secondary N) is 1. The third-order valence-electron chi connectivity index (χ3n) is 8.29. The summed E-state index contributed by atoms with van der Waals surface area (Å²) in [4.78, 5) is 24.8. The van der Waals surface area contributed by atoms with E-state index in [1.807, 2.05) is 11.0 Å². The van der Waals surface area contributed by atoms with Crippen molar-refractivity contribution in [3.63, 3.8) is 0 Å². The Morgan fingerprint density at radius 3 is 2.97 bits per heavy atom. The molecule has 0 spiro atoms. The topological polar surface area (TPSA) is 105 Å². The van der Waals surface area contributed by atoms with Crippen molar-refractivity contribution < 1.29 is 19.0 Å². The smallest absolute Gasteiger partial charge is 0.237 e. The normalized spacial score (nSPS) is 23.1. The standard InChI is InChI=1S/C29H30FN5O3/c1-38-26-5-4-21(30)9-23(26)28-20(11-31)12-32-29-24(28)10-25(33-29)17-7-18-13-34(14-19(18)8-17)15-27(37)35-6-2-3-22(35)16-36/h4-5,7,9-10,12,18-19,22,36H,2-3,6,8,13-16H2,1H3,(H,32,33)/t18?,19?,22-/m0/s1. The van der Waals surface area contributed by atoms with Gasteiger partial charge in [-0.3, -0.25) is 9.69 Å². The van der Waals surface area contributed by atoms with E-state index < -0.39 is 5.82 Å². The van der Waals surface area contributed by atoms with Gasteiger partial charge in [-0.05, 0) is 60.9 Å². The van der Waals surface area contributed by atoms with Crippen molar-refractivity contribution in [3.8, 4) is 22.9 Å². The van der Waals surface area contributed by atoms with E-state index in [4.69, 9.17) is 4.74 Å². The fourth-order valence-corrected chi connectivity index (χ4v) is 6.47. The van der Waals surface area contributed by atoms with Gasteiger partial charge in [0.05, 0.1) is 31.9 Å². The molecule has 38 heavy (non-hydrogen) atoms. The molecule has 3 aromatic rings. The lowest BCUT2D eigenvalue weighted by Gasteiger charge is -2.26. The van der Waals surface area contributed by atoms with Crippen LogP contribution in [0.3, 0.4) is 0 Å². The Kier molecular flexibility index (Phi) is 6.38. The summed E-state index contributed by atoms with van der Waals surface area (Å²) in [6.45, 7) is 2.86. The minimum Gasteiger partial charge on any atom is -0.496 e. The SMILES string of the molecule is COc1ccc(F)cc1-c1c(C#N)cnc2[nH]c(C3=CC4CN(CC(=O)N5CCC[C@H]5CO)CC4C3)cc12. The monoisotopic (exact) mass is 515 g/mol. The molecule has 2 saturated heterocycles. The van der Waals surface area contributed by atoms with Crippen molar-refractivity contribution in [1.82, 2.24) is 19.8 Å². The zero-order chi connectivity index (χ0) is 26.4. The van der Waals surface area contributed by atoms with Gasteiger partial charge in [0.1, 0.15) is 23.3 Å². The Labute approximate surface area is 220 Å². The van der Waals surface area contributed by atoms with E-state index in [2.05, 4.69) is 27.0 Å². The zero-order valence-corrected chi connectivity index (χ0v) is 21.3. The molecule has 3 aliphatic rings. The Bertz CT molecular complexity index is 1470. The summed E-state index contributed by atoms with van der Waals surface area (Å²) in [5, 5.41) is 20.1. The number of methoxy groups -OCH3 is 1. The molecule has 8 nitrogen and oxygen atoms in total. The number of nitriles is 1. The zero-order valence-electron chi connectivity index (χ0n) is 21.3. The fraction of sp³-hybridized carbons (Fsp3) is 0.414. The van der Waals surface area contributed by atoms with Crippen LogP contribution in [0.5, 0.6) is 5.75 Å². The average molecular weight is 516 g/mol. The predicted molar refractivity (Wildman–Crippen MR) is 141 cm³/mol. The second-order valence-corrected chi connectivity index (χ2v) is 10.5. The number of hydrogen-bond acceptors (Lipinski definition) is 6. The van der Waals surface area contributed by atoms with Crippen molar-refractivity contribution in [2.24, 2.45) is 11.8 Å². The first-order valence-electron chi connectivity index (χ1n) is 13.1. The number of aromatic nitrogens is 2. The van der Waals surface area contributed by atoms with Crippen LogP contribution in [0, 0.1) is 29.0 Å². The second-order valence-electron chi connectivity index (χ2n) is 10.5. The molecule has 0 bridgehead atoms. The van der Waals surface area contributed by atoms with Crippen LogP contribution in [0.4, 0.5) is 4.39 Å². The van der Waals surface area contributed by atoms with Crippen LogP contribution >= 0.6 is 0 Å². The molecule has 1 amide bonds. The van der Waals surface area contributed by atoms with Crippen LogP contribution in [-0.2, 0) is 4.79 Å². The number of allylic oxidation sites excluding steroid dienone is 1. The van der Waals surface area contributed by atoms with Crippen LogP contribution in [0.1, 0.15) is 30.5 Å². The number of hydrogen-bond donors (Lipinski definition) is 2. The molecule has 2 aliphatic heterocycles. The van der Waals surface area contributed by atoms with E-state index in [1.165, 1.54) is 31.0 Å². The van der Waals surface area contributed by atoms with E-state index in [0.29, 0.717) is 46.5 Å². The molecule has 9 heteroatoms. The summed E-state index contributed by atoms with van der Waals surface area (Å²) in [6.07, 6.45) is 6.52. The van der Waals surface area contributed by atoms with Crippen LogP contribution in [0.25, 0.3) is 27.7 Å². The number of nitrogens with zero attached hydrogens (tertiary/aromatic N) is 4. The highest BCUT2D eigenvalue weighted by atomic mass is 19.1. The summed E-state index contributed by atoms with van der Waals surface area (Å²) in [6, 6.07) is 8.45. The third kappa shape index (κ3) is 4.24. The molecular formula is C29H30FN5O3. The molecule has 2 unspecified atom stereocenters. The van der Waals surface area contributed by atoms with Gasteiger partial charge in [0, 0.05) is 48.0 Å². The second kappa shape index (κ2) is 9.86. The molecule has 6 rings (SSSR count). The number of benzene rings is 1. The Morgan fingerprint density at radius 1 is 1.34 bits per heavy atom. The van der Waals surface area contributed by atoms with E-state index in [0.717, 1.165) is 50.0 Å². The molecule has 3 atom stereocenters. The lowest BCUT2D eigenvalue weighted by Crippen LogP contribution is -2.43. The molecule has 4 heterocycles. The van der Waals surface area contributed by atoms with Gasteiger partial charge in [-0.15, -0.1) is 0 Å². The number of aliphatic hydroxyl groups is 1. The first kappa shape index (κ1) is 24.6. The quantitative estimate of drug-likeness (QED) is 0.520. The van der Waals surface area contributed by atoms with Gasteiger partial charge in [0.25, 0.3) is 0 Å². The predicted octanol–water partition coefficient (Wildman–Crippen LogP) is 3.57. The van der Waals surface area contributed by atoms with Crippen molar-refractivity contribution in [2.45, 2.75) is 25.3 Å². The number of carbonyl (C=O) groups excluding carboxylic acids is 1. The van der Waals surface area contributed by atoms with E-state index in [1.54, 1.807) is 6.07 Å². The number of carbonyl (C=O) groups is 1. The highest BCUT2D eigenvalue weighted by molar-refractivity contribution is 5.99. The molecule has 2 fully saturated rings.